The van der Waals surface area contributed by atoms with Gasteiger partial charge in [-0.1, -0.05) is 54.6 Å². The number of aliphatic hydroxyl groups is 1. The van der Waals surface area contributed by atoms with Gasteiger partial charge < -0.3 is 10.0 Å². The number of hydrogen-bond donors (Lipinski definition) is 1. The van der Waals surface area contributed by atoms with Crippen molar-refractivity contribution < 1.29 is 36.2 Å². The molecule has 10 heteroatoms. The first-order valence-electron chi connectivity index (χ1n) is 11.6. The molecular weight excluding hydrogens is 498 g/mol. The zero-order chi connectivity index (χ0) is 26.8. The van der Waals surface area contributed by atoms with Crippen molar-refractivity contribution >= 4 is 5.91 Å². The van der Waals surface area contributed by atoms with Crippen LogP contribution in [0.5, 0.6) is 0 Å². The highest BCUT2D eigenvalue weighted by molar-refractivity contribution is 5.79. The first-order valence-corrected chi connectivity index (χ1v) is 11.6. The number of hydrogen-bond acceptors (Lipinski definition) is 3. The number of nitrogens with zero attached hydrogens (tertiary/aromatic N) is 2. The van der Waals surface area contributed by atoms with E-state index in [2.05, 4.69) is 4.98 Å². The van der Waals surface area contributed by atoms with Gasteiger partial charge in [-0.15, -0.1) is 0 Å². The first-order chi connectivity index (χ1) is 17.4. The van der Waals surface area contributed by atoms with Gasteiger partial charge in [0.1, 0.15) is 0 Å². The van der Waals surface area contributed by atoms with Gasteiger partial charge in [0.05, 0.1) is 6.42 Å². The van der Waals surface area contributed by atoms with Gasteiger partial charge in [-0.05, 0) is 41.2 Å². The van der Waals surface area contributed by atoms with Crippen LogP contribution in [0.15, 0.2) is 79.1 Å². The lowest BCUT2D eigenvalue weighted by Crippen LogP contribution is -2.53. The van der Waals surface area contributed by atoms with Crippen LogP contribution < -0.4 is 0 Å². The van der Waals surface area contributed by atoms with E-state index in [1.165, 1.54) is 12.1 Å². The Kier molecular flexibility index (Phi) is 7.32. The molecule has 0 radical (unpaired) electrons. The summed E-state index contributed by atoms with van der Waals surface area (Å²) in [4.78, 5) is 18.6. The number of benzene rings is 2. The molecule has 3 aromatic rings. The quantitative estimate of drug-likeness (QED) is 0.440. The number of aromatic nitrogens is 1. The van der Waals surface area contributed by atoms with Gasteiger partial charge in [0.15, 0.2) is 0 Å². The highest BCUT2D eigenvalue weighted by Crippen LogP contribution is 2.50. The van der Waals surface area contributed by atoms with E-state index >= 15 is 0 Å². The van der Waals surface area contributed by atoms with Gasteiger partial charge in [0.25, 0.3) is 5.60 Å². The molecular formula is C27H24F6N2O2. The standard InChI is InChI=1S/C27H24F6N2O2/c28-26(29,30)25(37,27(31,32)33)22-8-6-20(7-9-22)23-17-35(24(36)15-19-10-12-34-13-11-19)16-21(23)14-18-4-2-1-3-5-18/h1-13,21,23,37H,14-17H2/t21-,23+/m1/s1. The predicted molar refractivity (Wildman–Crippen MR) is 123 cm³/mol. The Labute approximate surface area is 209 Å². The second-order valence-corrected chi connectivity index (χ2v) is 9.22. The zero-order valence-electron chi connectivity index (χ0n) is 19.5. The predicted octanol–water partition coefficient (Wildman–Crippen LogP) is 5.42. The number of halogens is 6. The average molecular weight is 522 g/mol. The smallest absolute Gasteiger partial charge is 0.369 e. The number of alkyl halides is 6. The molecule has 0 unspecified atom stereocenters. The van der Waals surface area contributed by atoms with Crippen LogP contribution in [-0.2, 0) is 23.2 Å². The van der Waals surface area contributed by atoms with Crippen molar-refractivity contribution in [1.29, 1.82) is 0 Å². The molecule has 2 heterocycles. The number of likely N-dealkylation sites (tertiary alicyclic amines) is 1. The Hall–Kier alpha value is -3.40. The van der Waals surface area contributed by atoms with Crippen molar-refractivity contribution in [2.45, 2.75) is 36.7 Å². The molecule has 0 aliphatic carbocycles. The minimum Gasteiger partial charge on any atom is -0.369 e. The molecule has 4 rings (SSSR count). The summed E-state index contributed by atoms with van der Waals surface area (Å²) in [6.45, 7) is 0.657. The molecule has 1 aliphatic heterocycles. The Morgan fingerprint density at radius 2 is 1.43 bits per heavy atom. The second-order valence-electron chi connectivity index (χ2n) is 9.22. The summed E-state index contributed by atoms with van der Waals surface area (Å²) in [6, 6.07) is 16.6. The number of pyridine rings is 1. The van der Waals surface area contributed by atoms with Crippen LogP contribution >= 0.6 is 0 Å². The van der Waals surface area contributed by atoms with E-state index in [1.54, 1.807) is 29.4 Å². The Bertz CT molecular complexity index is 1180. The molecule has 0 spiro atoms. The molecule has 1 fully saturated rings. The third-order valence-corrected chi connectivity index (χ3v) is 6.82. The lowest BCUT2D eigenvalue weighted by molar-refractivity contribution is -0.376. The van der Waals surface area contributed by atoms with Crippen LogP contribution in [0.1, 0.15) is 28.2 Å². The monoisotopic (exact) mass is 522 g/mol. The van der Waals surface area contributed by atoms with E-state index in [0.29, 0.717) is 30.7 Å². The molecule has 1 N–H and O–H groups in total. The van der Waals surface area contributed by atoms with E-state index in [0.717, 1.165) is 11.1 Å². The van der Waals surface area contributed by atoms with Gasteiger partial charge in [0, 0.05) is 37.0 Å². The molecule has 0 bridgehead atoms. The molecule has 1 aromatic heterocycles. The molecule has 1 aliphatic rings. The summed E-state index contributed by atoms with van der Waals surface area (Å²) < 4.78 is 79.8. The van der Waals surface area contributed by atoms with Crippen molar-refractivity contribution in [3.63, 3.8) is 0 Å². The minimum atomic E-state index is -5.95. The van der Waals surface area contributed by atoms with E-state index in [4.69, 9.17) is 0 Å². The molecule has 2 aromatic carbocycles. The van der Waals surface area contributed by atoms with Gasteiger partial charge in [-0.3, -0.25) is 9.78 Å². The lowest BCUT2D eigenvalue weighted by atomic mass is 9.83. The van der Waals surface area contributed by atoms with Crippen LogP contribution in [0.25, 0.3) is 0 Å². The summed E-state index contributed by atoms with van der Waals surface area (Å²) in [6.07, 6.45) is -8.02. The molecule has 4 nitrogen and oxygen atoms in total. The summed E-state index contributed by atoms with van der Waals surface area (Å²) in [5, 5.41) is 9.71. The number of amides is 1. The molecule has 1 saturated heterocycles. The average Bonchev–Trinajstić information content (AvgIpc) is 3.27. The maximum atomic E-state index is 13.3. The number of rotatable bonds is 6. The molecule has 196 valence electrons. The zero-order valence-corrected chi connectivity index (χ0v) is 19.5. The van der Waals surface area contributed by atoms with Crippen molar-refractivity contribution in [1.82, 2.24) is 9.88 Å². The van der Waals surface area contributed by atoms with Crippen LogP contribution in [0, 0.1) is 5.92 Å². The van der Waals surface area contributed by atoms with E-state index < -0.39 is 23.5 Å². The number of carbonyl (C=O) groups excluding carboxylic acids is 1. The summed E-state index contributed by atoms with van der Waals surface area (Å²) in [7, 11) is 0. The van der Waals surface area contributed by atoms with Crippen molar-refractivity contribution in [3.8, 4) is 0 Å². The SMILES string of the molecule is O=C(Cc1ccncc1)N1C[C@@H](Cc2ccccc2)[C@H](c2ccc(C(O)(C(F)(F)F)C(F)(F)F)cc2)C1. The summed E-state index contributed by atoms with van der Waals surface area (Å²) in [5.74, 6) is -0.564. The summed E-state index contributed by atoms with van der Waals surface area (Å²) >= 11 is 0. The fraction of sp³-hybridized carbons (Fsp3) is 0.333. The second kappa shape index (κ2) is 10.2. The third-order valence-electron chi connectivity index (χ3n) is 6.82. The Morgan fingerprint density at radius 3 is 2.00 bits per heavy atom. The van der Waals surface area contributed by atoms with Crippen molar-refractivity contribution in [2.75, 3.05) is 13.1 Å². The fourth-order valence-corrected chi connectivity index (χ4v) is 4.82. The Balaban J connectivity index is 1.61. The van der Waals surface area contributed by atoms with E-state index in [-0.39, 0.29) is 30.7 Å². The normalized spacial score (nSPS) is 18.7. The summed E-state index contributed by atoms with van der Waals surface area (Å²) in [5.41, 5.74) is -4.01. The molecule has 2 atom stereocenters. The van der Waals surface area contributed by atoms with E-state index in [9.17, 15) is 36.2 Å². The van der Waals surface area contributed by atoms with Gasteiger partial charge in [-0.2, -0.15) is 26.3 Å². The first kappa shape index (κ1) is 26.7. The van der Waals surface area contributed by atoms with Crippen molar-refractivity contribution in [3.05, 3.63) is 101 Å². The maximum absolute atomic E-state index is 13.3. The van der Waals surface area contributed by atoms with Gasteiger partial charge in [-0.25, -0.2) is 0 Å². The van der Waals surface area contributed by atoms with Gasteiger partial charge >= 0.3 is 12.4 Å². The topological polar surface area (TPSA) is 53.4 Å². The highest BCUT2D eigenvalue weighted by Gasteiger charge is 2.71. The highest BCUT2D eigenvalue weighted by atomic mass is 19.4. The van der Waals surface area contributed by atoms with Gasteiger partial charge in [0.2, 0.25) is 5.91 Å². The largest absolute Gasteiger partial charge is 0.430 e. The molecule has 37 heavy (non-hydrogen) atoms. The van der Waals surface area contributed by atoms with E-state index in [1.807, 2.05) is 30.3 Å². The molecule has 1 amide bonds. The van der Waals surface area contributed by atoms with Crippen LogP contribution in [0.4, 0.5) is 26.3 Å². The lowest BCUT2D eigenvalue weighted by Gasteiger charge is -2.33. The van der Waals surface area contributed by atoms with Crippen molar-refractivity contribution in [2.24, 2.45) is 5.92 Å². The van der Waals surface area contributed by atoms with Crippen LogP contribution in [0.3, 0.4) is 0 Å². The Morgan fingerprint density at radius 1 is 0.838 bits per heavy atom. The maximum Gasteiger partial charge on any atom is 0.430 e. The van der Waals surface area contributed by atoms with Crippen LogP contribution in [0.2, 0.25) is 0 Å². The molecule has 0 saturated carbocycles. The minimum absolute atomic E-state index is 0.112. The van der Waals surface area contributed by atoms with Crippen LogP contribution in [-0.4, -0.2) is 46.3 Å². The fourth-order valence-electron chi connectivity index (χ4n) is 4.82. The third kappa shape index (κ3) is 5.49. The number of carbonyl (C=O) groups is 1.